The molecule has 1 aromatic carbocycles. The summed E-state index contributed by atoms with van der Waals surface area (Å²) in [6, 6.07) is 10.8. The second-order valence-electron chi connectivity index (χ2n) is 5.11. The SMILES string of the molecule is C[Si](C)(C)C1=C(c2ccccc2)CC=C1. The molecule has 0 aliphatic heterocycles. The summed E-state index contributed by atoms with van der Waals surface area (Å²) in [4.78, 5) is 0. The first kappa shape index (κ1) is 10.4. The van der Waals surface area contributed by atoms with Gasteiger partial charge < -0.3 is 0 Å². The molecule has 2 rings (SSSR count). The summed E-state index contributed by atoms with van der Waals surface area (Å²) in [6.45, 7) is 7.25. The molecule has 1 aromatic rings. The molecule has 1 heteroatoms. The zero-order chi connectivity index (χ0) is 10.9. The Morgan fingerprint density at radius 3 is 2.27 bits per heavy atom. The zero-order valence-electron chi connectivity index (χ0n) is 9.75. The number of hydrogen-bond donors (Lipinski definition) is 0. The van der Waals surface area contributed by atoms with Crippen molar-refractivity contribution in [1.29, 1.82) is 0 Å². The maximum Gasteiger partial charge on any atom is 0.0779 e. The van der Waals surface area contributed by atoms with E-state index in [-0.39, 0.29) is 0 Å². The predicted molar refractivity (Wildman–Crippen MR) is 70.5 cm³/mol. The highest BCUT2D eigenvalue weighted by Gasteiger charge is 2.23. The zero-order valence-corrected chi connectivity index (χ0v) is 10.7. The predicted octanol–water partition coefficient (Wildman–Crippen LogP) is 4.28. The number of allylic oxidation sites excluding steroid dienone is 4. The summed E-state index contributed by atoms with van der Waals surface area (Å²) in [5, 5.41) is 1.62. The van der Waals surface area contributed by atoms with Crippen LogP contribution < -0.4 is 0 Å². The lowest BCUT2D eigenvalue weighted by Crippen LogP contribution is -2.23. The molecular weight excluding hydrogens is 196 g/mol. The van der Waals surface area contributed by atoms with Gasteiger partial charge in [-0.25, -0.2) is 0 Å². The van der Waals surface area contributed by atoms with Crippen LogP contribution >= 0.6 is 0 Å². The second kappa shape index (κ2) is 3.82. The molecule has 0 unspecified atom stereocenters. The average Bonchev–Trinajstić information content (AvgIpc) is 2.67. The Morgan fingerprint density at radius 1 is 1.00 bits per heavy atom. The maximum atomic E-state index is 2.42. The molecule has 0 radical (unpaired) electrons. The first-order chi connectivity index (χ1) is 7.09. The van der Waals surface area contributed by atoms with E-state index >= 15 is 0 Å². The van der Waals surface area contributed by atoms with Crippen LogP contribution in [0.1, 0.15) is 12.0 Å². The molecule has 1 aliphatic carbocycles. The van der Waals surface area contributed by atoms with E-state index in [1.54, 1.807) is 10.8 Å². The monoisotopic (exact) mass is 214 g/mol. The largest absolute Gasteiger partial charge is 0.0802 e. The molecule has 0 amide bonds. The third-order valence-electron chi connectivity index (χ3n) is 2.86. The van der Waals surface area contributed by atoms with Gasteiger partial charge in [0, 0.05) is 0 Å². The average molecular weight is 214 g/mol. The molecule has 0 fully saturated rings. The molecule has 0 bridgehead atoms. The van der Waals surface area contributed by atoms with Crippen LogP contribution in [0.5, 0.6) is 0 Å². The van der Waals surface area contributed by atoms with E-state index < -0.39 is 8.07 Å². The highest BCUT2D eigenvalue weighted by Crippen LogP contribution is 2.33. The lowest BCUT2D eigenvalue weighted by Gasteiger charge is -2.19. The summed E-state index contributed by atoms with van der Waals surface area (Å²) >= 11 is 0. The fourth-order valence-electron chi connectivity index (χ4n) is 2.12. The molecule has 0 nitrogen and oxygen atoms in total. The summed E-state index contributed by atoms with van der Waals surface area (Å²) < 4.78 is 0. The van der Waals surface area contributed by atoms with Crippen molar-refractivity contribution in [3.63, 3.8) is 0 Å². The van der Waals surface area contributed by atoms with Gasteiger partial charge in [-0.05, 0) is 17.6 Å². The third-order valence-corrected chi connectivity index (χ3v) is 4.95. The maximum absolute atomic E-state index is 2.42. The van der Waals surface area contributed by atoms with Crippen molar-refractivity contribution < 1.29 is 0 Å². The van der Waals surface area contributed by atoms with Crippen molar-refractivity contribution in [2.24, 2.45) is 0 Å². The summed E-state index contributed by atoms with van der Waals surface area (Å²) in [5.41, 5.74) is 2.95. The van der Waals surface area contributed by atoms with Crippen molar-refractivity contribution in [3.8, 4) is 0 Å². The van der Waals surface area contributed by atoms with Gasteiger partial charge in [0.25, 0.3) is 0 Å². The molecule has 78 valence electrons. The topological polar surface area (TPSA) is 0 Å². The van der Waals surface area contributed by atoms with Crippen molar-refractivity contribution in [2.75, 3.05) is 0 Å². The third kappa shape index (κ3) is 2.12. The molecule has 0 saturated carbocycles. The minimum atomic E-state index is -1.18. The molecule has 0 saturated heterocycles. The van der Waals surface area contributed by atoms with Crippen LogP contribution in [0.15, 0.2) is 47.7 Å². The smallest absolute Gasteiger partial charge is 0.0779 e. The minimum absolute atomic E-state index is 1.11. The van der Waals surface area contributed by atoms with Crippen LogP contribution in [0.4, 0.5) is 0 Å². The lowest BCUT2D eigenvalue weighted by atomic mass is 10.1. The fourth-order valence-corrected chi connectivity index (χ4v) is 3.89. The number of benzene rings is 1. The highest BCUT2D eigenvalue weighted by atomic mass is 28.3. The molecular formula is C14H18Si. The van der Waals surface area contributed by atoms with Crippen LogP contribution in [0.2, 0.25) is 19.6 Å². The van der Waals surface area contributed by atoms with E-state index in [4.69, 9.17) is 0 Å². The van der Waals surface area contributed by atoms with Gasteiger partial charge in [0.15, 0.2) is 0 Å². The number of rotatable bonds is 2. The summed E-state index contributed by atoms with van der Waals surface area (Å²) in [7, 11) is -1.18. The van der Waals surface area contributed by atoms with Crippen LogP contribution in [0.25, 0.3) is 5.57 Å². The molecule has 0 spiro atoms. The lowest BCUT2D eigenvalue weighted by molar-refractivity contribution is 1.42. The molecule has 0 N–H and O–H groups in total. The van der Waals surface area contributed by atoms with E-state index in [0.717, 1.165) is 6.42 Å². The first-order valence-electron chi connectivity index (χ1n) is 5.54. The summed E-state index contributed by atoms with van der Waals surface area (Å²) in [6.07, 6.45) is 5.76. The van der Waals surface area contributed by atoms with Crippen LogP contribution in [0.3, 0.4) is 0 Å². The second-order valence-corrected chi connectivity index (χ2v) is 10.2. The Morgan fingerprint density at radius 2 is 1.67 bits per heavy atom. The highest BCUT2D eigenvalue weighted by molar-refractivity contribution is 6.84. The quantitative estimate of drug-likeness (QED) is 0.645. The minimum Gasteiger partial charge on any atom is -0.0802 e. The van der Waals surface area contributed by atoms with Gasteiger partial charge in [0.05, 0.1) is 8.07 Å². The van der Waals surface area contributed by atoms with Crippen LogP contribution in [-0.2, 0) is 0 Å². The van der Waals surface area contributed by atoms with Crippen molar-refractivity contribution in [2.45, 2.75) is 26.1 Å². The van der Waals surface area contributed by atoms with Crippen molar-refractivity contribution in [1.82, 2.24) is 0 Å². The summed E-state index contributed by atoms with van der Waals surface area (Å²) in [5.74, 6) is 0. The van der Waals surface area contributed by atoms with Gasteiger partial charge >= 0.3 is 0 Å². The van der Waals surface area contributed by atoms with E-state index in [1.807, 2.05) is 0 Å². The Labute approximate surface area is 93.3 Å². The standard InChI is InChI=1S/C14H18Si/c1-15(2,3)14-11-7-10-13(14)12-8-5-4-6-9-12/h4-9,11H,10H2,1-3H3. The van der Waals surface area contributed by atoms with Gasteiger partial charge in [-0.2, -0.15) is 0 Å². The van der Waals surface area contributed by atoms with Crippen molar-refractivity contribution in [3.05, 3.63) is 53.2 Å². The van der Waals surface area contributed by atoms with E-state index in [0.29, 0.717) is 0 Å². The molecule has 1 aliphatic rings. The van der Waals surface area contributed by atoms with Crippen LogP contribution in [0, 0.1) is 0 Å². The van der Waals surface area contributed by atoms with Gasteiger partial charge in [0.1, 0.15) is 0 Å². The Balaban J connectivity index is 2.46. The van der Waals surface area contributed by atoms with E-state index in [9.17, 15) is 0 Å². The van der Waals surface area contributed by atoms with Gasteiger partial charge in [-0.15, -0.1) is 0 Å². The molecule has 0 aromatic heterocycles. The van der Waals surface area contributed by atoms with Crippen LogP contribution in [-0.4, -0.2) is 8.07 Å². The van der Waals surface area contributed by atoms with E-state index in [2.05, 4.69) is 62.1 Å². The Kier molecular flexibility index (Phi) is 2.66. The number of hydrogen-bond acceptors (Lipinski definition) is 0. The van der Waals surface area contributed by atoms with Gasteiger partial charge in [0.2, 0.25) is 0 Å². The van der Waals surface area contributed by atoms with Gasteiger partial charge in [-0.1, -0.05) is 67.3 Å². The Bertz CT molecular complexity index is 405. The first-order valence-corrected chi connectivity index (χ1v) is 9.04. The molecule has 15 heavy (non-hydrogen) atoms. The Hall–Kier alpha value is -1.08. The normalized spacial score (nSPS) is 16.2. The van der Waals surface area contributed by atoms with Gasteiger partial charge in [-0.3, -0.25) is 0 Å². The van der Waals surface area contributed by atoms with Crippen molar-refractivity contribution >= 4 is 13.6 Å². The molecule has 0 heterocycles. The molecule has 0 atom stereocenters. The van der Waals surface area contributed by atoms with E-state index in [1.165, 1.54) is 5.56 Å². The fraction of sp³-hybridized carbons (Fsp3) is 0.286.